The number of hydrogen-bond acceptors (Lipinski definition) is 3. The number of benzene rings is 1. The summed E-state index contributed by atoms with van der Waals surface area (Å²) in [6.07, 6.45) is 4.33. The fraction of sp³-hybridized carbons (Fsp3) is 0.611. The van der Waals surface area contributed by atoms with Crippen molar-refractivity contribution in [3.63, 3.8) is 0 Å². The maximum absolute atomic E-state index is 12.7. The van der Waals surface area contributed by atoms with E-state index in [1.165, 1.54) is 23.3 Å². The molecule has 2 amide bonds. The Bertz CT molecular complexity index is 558. The van der Waals surface area contributed by atoms with E-state index in [0.29, 0.717) is 13.1 Å². The van der Waals surface area contributed by atoms with Crippen LogP contribution in [0.25, 0.3) is 0 Å². The van der Waals surface area contributed by atoms with E-state index in [9.17, 15) is 9.90 Å². The maximum atomic E-state index is 12.7. The van der Waals surface area contributed by atoms with Crippen LogP contribution in [-0.2, 0) is 6.42 Å². The summed E-state index contributed by atoms with van der Waals surface area (Å²) in [6, 6.07) is 8.37. The van der Waals surface area contributed by atoms with Crippen molar-refractivity contribution in [2.75, 3.05) is 25.4 Å². The standard InChI is InChI=1S/C18H26N2O2S/c1-18(9-4-12-23-18)13-19-17(22)20(10-11-21)16-8-7-14-5-2-3-6-15(14)16/h2-3,5-6,16,21H,4,7-13H2,1H3,(H,19,22). The molecule has 4 nitrogen and oxygen atoms in total. The molecular weight excluding hydrogens is 308 g/mol. The van der Waals surface area contributed by atoms with E-state index in [4.69, 9.17) is 0 Å². The van der Waals surface area contributed by atoms with E-state index in [1.807, 2.05) is 22.7 Å². The van der Waals surface area contributed by atoms with E-state index in [2.05, 4.69) is 30.4 Å². The number of rotatable bonds is 5. The summed E-state index contributed by atoms with van der Waals surface area (Å²) in [4.78, 5) is 14.5. The number of thioether (sulfide) groups is 1. The number of nitrogens with one attached hydrogen (secondary N) is 1. The SMILES string of the molecule is CC1(CNC(=O)N(CCO)C2CCc3ccccc32)CCCS1. The number of amides is 2. The minimum Gasteiger partial charge on any atom is -0.395 e. The summed E-state index contributed by atoms with van der Waals surface area (Å²) in [5.41, 5.74) is 2.56. The molecule has 0 saturated carbocycles. The van der Waals surface area contributed by atoms with Gasteiger partial charge in [0.25, 0.3) is 0 Å². The molecule has 126 valence electrons. The Morgan fingerprint density at radius 1 is 1.48 bits per heavy atom. The quantitative estimate of drug-likeness (QED) is 0.870. The molecule has 23 heavy (non-hydrogen) atoms. The van der Waals surface area contributed by atoms with Crippen LogP contribution in [0, 0.1) is 0 Å². The highest BCUT2D eigenvalue weighted by molar-refractivity contribution is 8.00. The van der Waals surface area contributed by atoms with Gasteiger partial charge in [0.05, 0.1) is 12.6 Å². The number of fused-ring (bicyclic) bond motifs is 1. The molecule has 1 aromatic carbocycles. The molecule has 1 aliphatic carbocycles. The largest absolute Gasteiger partial charge is 0.395 e. The third-order valence-electron chi connectivity index (χ3n) is 4.99. The molecule has 1 saturated heterocycles. The van der Waals surface area contributed by atoms with Crippen LogP contribution < -0.4 is 5.32 Å². The summed E-state index contributed by atoms with van der Waals surface area (Å²) in [5.74, 6) is 1.18. The fourth-order valence-corrected chi connectivity index (χ4v) is 4.95. The zero-order chi connectivity index (χ0) is 16.3. The third-order valence-corrected chi connectivity index (χ3v) is 6.53. The Morgan fingerprint density at radius 3 is 3.04 bits per heavy atom. The maximum Gasteiger partial charge on any atom is 0.318 e. The Kier molecular flexibility index (Phi) is 5.17. The second-order valence-corrected chi connectivity index (χ2v) is 8.41. The highest BCUT2D eigenvalue weighted by atomic mass is 32.2. The minimum atomic E-state index is -0.0468. The molecule has 1 fully saturated rings. The lowest BCUT2D eigenvalue weighted by Gasteiger charge is -2.31. The zero-order valence-electron chi connectivity index (χ0n) is 13.8. The lowest BCUT2D eigenvalue weighted by atomic mass is 10.1. The van der Waals surface area contributed by atoms with Crippen molar-refractivity contribution < 1.29 is 9.90 Å². The molecule has 2 unspecified atom stereocenters. The number of carbonyl (C=O) groups is 1. The molecule has 2 atom stereocenters. The van der Waals surface area contributed by atoms with Gasteiger partial charge in [-0.3, -0.25) is 0 Å². The van der Waals surface area contributed by atoms with E-state index in [-0.39, 0.29) is 23.4 Å². The Hall–Kier alpha value is -1.20. The summed E-state index contributed by atoms with van der Waals surface area (Å²) in [5, 5.41) is 12.5. The van der Waals surface area contributed by atoms with Gasteiger partial charge < -0.3 is 15.3 Å². The van der Waals surface area contributed by atoms with Crippen molar-refractivity contribution in [3.8, 4) is 0 Å². The van der Waals surface area contributed by atoms with Gasteiger partial charge in [0.2, 0.25) is 0 Å². The van der Waals surface area contributed by atoms with Gasteiger partial charge in [-0.05, 0) is 49.5 Å². The number of aryl methyl sites for hydroxylation is 1. The van der Waals surface area contributed by atoms with Gasteiger partial charge >= 0.3 is 6.03 Å². The van der Waals surface area contributed by atoms with Crippen LogP contribution in [0.1, 0.15) is 43.4 Å². The molecule has 1 aliphatic heterocycles. The summed E-state index contributed by atoms with van der Waals surface area (Å²) >= 11 is 1.95. The Morgan fingerprint density at radius 2 is 2.30 bits per heavy atom. The summed E-state index contributed by atoms with van der Waals surface area (Å²) < 4.78 is 0.161. The van der Waals surface area contributed by atoms with Gasteiger partial charge in [0.1, 0.15) is 0 Å². The number of nitrogens with zero attached hydrogens (tertiary/aromatic N) is 1. The third kappa shape index (κ3) is 3.66. The van der Waals surface area contributed by atoms with E-state index < -0.39 is 0 Å². The zero-order valence-corrected chi connectivity index (χ0v) is 14.6. The molecule has 0 radical (unpaired) electrons. The fourth-order valence-electron chi connectivity index (χ4n) is 3.71. The van der Waals surface area contributed by atoms with E-state index >= 15 is 0 Å². The van der Waals surface area contributed by atoms with Gasteiger partial charge in [-0.15, -0.1) is 0 Å². The number of carbonyl (C=O) groups excluding carboxylic acids is 1. The minimum absolute atomic E-state index is 0.00188. The smallest absolute Gasteiger partial charge is 0.318 e. The van der Waals surface area contributed by atoms with Crippen LogP contribution in [0.15, 0.2) is 24.3 Å². The molecular formula is C18H26N2O2S. The molecule has 0 bridgehead atoms. The lowest BCUT2D eigenvalue weighted by molar-refractivity contribution is 0.151. The van der Waals surface area contributed by atoms with Crippen molar-refractivity contribution in [2.45, 2.75) is 43.4 Å². The van der Waals surface area contributed by atoms with Gasteiger partial charge in [-0.2, -0.15) is 11.8 Å². The van der Waals surface area contributed by atoms with Crippen LogP contribution in [0.4, 0.5) is 4.79 Å². The normalized spacial score (nSPS) is 26.1. The first-order chi connectivity index (χ1) is 11.1. The van der Waals surface area contributed by atoms with Crippen molar-refractivity contribution in [2.24, 2.45) is 0 Å². The van der Waals surface area contributed by atoms with Crippen molar-refractivity contribution in [3.05, 3.63) is 35.4 Å². The number of aliphatic hydroxyl groups excluding tert-OH is 1. The number of aliphatic hydroxyl groups is 1. The van der Waals surface area contributed by atoms with E-state index in [0.717, 1.165) is 19.3 Å². The van der Waals surface area contributed by atoms with Gasteiger partial charge in [0, 0.05) is 17.8 Å². The molecule has 1 heterocycles. The molecule has 0 spiro atoms. The summed E-state index contributed by atoms with van der Waals surface area (Å²) in [6.45, 7) is 3.31. The van der Waals surface area contributed by atoms with Crippen LogP contribution in [0.3, 0.4) is 0 Å². The molecule has 1 aromatic rings. The molecule has 0 aromatic heterocycles. The first-order valence-electron chi connectivity index (χ1n) is 8.50. The van der Waals surface area contributed by atoms with Crippen LogP contribution in [-0.4, -0.2) is 46.2 Å². The molecule has 5 heteroatoms. The lowest BCUT2D eigenvalue weighted by Crippen LogP contribution is -2.47. The van der Waals surface area contributed by atoms with Crippen molar-refractivity contribution in [1.29, 1.82) is 0 Å². The second-order valence-electron chi connectivity index (χ2n) is 6.73. The van der Waals surface area contributed by atoms with Gasteiger partial charge in [-0.25, -0.2) is 4.79 Å². The Balaban J connectivity index is 1.68. The van der Waals surface area contributed by atoms with Crippen molar-refractivity contribution >= 4 is 17.8 Å². The predicted molar refractivity (Wildman–Crippen MR) is 94.8 cm³/mol. The molecule has 3 rings (SSSR count). The molecule has 2 N–H and O–H groups in total. The first kappa shape index (κ1) is 16.7. The summed E-state index contributed by atoms with van der Waals surface area (Å²) in [7, 11) is 0. The van der Waals surface area contributed by atoms with Crippen LogP contribution in [0.5, 0.6) is 0 Å². The van der Waals surface area contributed by atoms with Crippen LogP contribution >= 0.6 is 11.8 Å². The van der Waals surface area contributed by atoms with Crippen LogP contribution in [0.2, 0.25) is 0 Å². The number of hydrogen-bond donors (Lipinski definition) is 2. The monoisotopic (exact) mass is 334 g/mol. The average Bonchev–Trinajstić information content (AvgIpc) is 3.17. The van der Waals surface area contributed by atoms with E-state index in [1.54, 1.807) is 0 Å². The topological polar surface area (TPSA) is 52.6 Å². The van der Waals surface area contributed by atoms with Gasteiger partial charge in [-0.1, -0.05) is 24.3 Å². The highest BCUT2D eigenvalue weighted by Gasteiger charge is 2.33. The first-order valence-corrected chi connectivity index (χ1v) is 9.49. The van der Waals surface area contributed by atoms with Crippen molar-refractivity contribution in [1.82, 2.24) is 10.2 Å². The Labute approximate surface area is 142 Å². The highest BCUT2D eigenvalue weighted by Crippen LogP contribution is 2.38. The average molecular weight is 334 g/mol. The molecule has 2 aliphatic rings. The second kappa shape index (κ2) is 7.14. The predicted octanol–water partition coefficient (Wildman–Crippen LogP) is 2.96. The van der Waals surface area contributed by atoms with Gasteiger partial charge in [0.15, 0.2) is 0 Å². The number of urea groups is 1.